The predicted octanol–water partition coefficient (Wildman–Crippen LogP) is 3.80. The van der Waals surface area contributed by atoms with E-state index in [2.05, 4.69) is 4.72 Å². The van der Waals surface area contributed by atoms with Crippen LogP contribution in [0.1, 0.15) is 16.8 Å². The van der Waals surface area contributed by atoms with Crippen LogP contribution in [-0.2, 0) is 10.0 Å². The van der Waals surface area contributed by atoms with Gasteiger partial charge in [-0.25, -0.2) is 8.42 Å². The number of anilines is 1. The molecule has 1 aliphatic heterocycles. The third-order valence-corrected chi connectivity index (χ3v) is 6.56. The van der Waals surface area contributed by atoms with Crippen LogP contribution < -0.4 is 18.9 Å². The lowest BCUT2D eigenvalue weighted by molar-refractivity contribution is 0.0774. The fourth-order valence-electron chi connectivity index (χ4n) is 3.38. The van der Waals surface area contributed by atoms with Crippen molar-refractivity contribution in [1.29, 1.82) is 0 Å². The number of rotatable bonds is 8. The van der Waals surface area contributed by atoms with Gasteiger partial charge in [-0.05, 0) is 42.5 Å². The number of hydrogen-bond donors (Lipinski definition) is 1. The molecular formula is C25H26N2O6S. The van der Waals surface area contributed by atoms with E-state index in [1.807, 2.05) is 30.3 Å². The third-order valence-electron chi connectivity index (χ3n) is 5.18. The zero-order valence-electron chi connectivity index (χ0n) is 18.8. The SMILES string of the molecule is CN(CCOc1ccccc1)C(=O)c1cccc(NS(=O)(=O)c2ccc3c(c2)OCCCO3)c1. The van der Waals surface area contributed by atoms with Crippen molar-refractivity contribution in [1.82, 2.24) is 4.90 Å². The van der Waals surface area contributed by atoms with Crippen LogP contribution in [0.5, 0.6) is 17.2 Å². The quantitative estimate of drug-likeness (QED) is 0.525. The minimum absolute atomic E-state index is 0.0451. The number of hydrogen-bond acceptors (Lipinski definition) is 6. The molecule has 0 aliphatic carbocycles. The Bertz CT molecular complexity index is 1250. The zero-order chi connectivity index (χ0) is 24.0. The molecule has 178 valence electrons. The summed E-state index contributed by atoms with van der Waals surface area (Å²) in [5.74, 6) is 1.40. The van der Waals surface area contributed by atoms with Gasteiger partial charge >= 0.3 is 0 Å². The topological polar surface area (TPSA) is 94.2 Å². The summed E-state index contributed by atoms with van der Waals surface area (Å²) in [5.41, 5.74) is 0.646. The lowest BCUT2D eigenvalue weighted by Gasteiger charge is -2.18. The van der Waals surface area contributed by atoms with Crippen molar-refractivity contribution >= 4 is 21.6 Å². The Balaban J connectivity index is 1.41. The monoisotopic (exact) mass is 482 g/mol. The highest BCUT2D eigenvalue weighted by Gasteiger charge is 2.20. The molecule has 1 amide bonds. The Hall–Kier alpha value is -3.72. The number of fused-ring (bicyclic) bond motifs is 1. The van der Waals surface area contributed by atoms with E-state index in [0.717, 1.165) is 12.2 Å². The van der Waals surface area contributed by atoms with Crippen LogP contribution in [0.3, 0.4) is 0 Å². The van der Waals surface area contributed by atoms with E-state index in [9.17, 15) is 13.2 Å². The van der Waals surface area contributed by atoms with Gasteiger partial charge in [0.1, 0.15) is 12.4 Å². The Kier molecular flexibility index (Phi) is 7.22. The second-order valence-corrected chi connectivity index (χ2v) is 9.42. The molecule has 9 heteroatoms. The molecule has 3 aromatic rings. The van der Waals surface area contributed by atoms with Gasteiger partial charge in [-0.1, -0.05) is 24.3 Å². The van der Waals surface area contributed by atoms with Gasteiger partial charge in [-0.2, -0.15) is 0 Å². The van der Waals surface area contributed by atoms with Crippen molar-refractivity contribution in [2.24, 2.45) is 0 Å². The number of carbonyl (C=O) groups is 1. The minimum atomic E-state index is -3.90. The average Bonchev–Trinajstić information content (AvgIpc) is 3.09. The highest BCUT2D eigenvalue weighted by atomic mass is 32.2. The van der Waals surface area contributed by atoms with Crippen molar-refractivity contribution in [3.8, 4) is 17.2 Å². The first-order chi connectivity index (χ1) is 16.4. The summed E-state index contributed by atoms with van der Waals surface area (Å²) < 4.78 is 45.2. The van der Waals surface area contributed by atoms with Gasteiger partial charge in [0.25, 0.3) is 15.9 Å². The molecule has 8 nitrogen and oxygen atoms in total. The van der Waals surface area contributed by atoms with Gasteiger partial charge in [0.15, 0.2) is 11.5 Å². The lowest BCUT2D eigenvalue weighted by Crippen LogP contribution is -2.31. The van der Waals surface area contributed by atoms with Crippen molar-refractivity contribution in [3.05, 3.63) is 78.4 Å². The first kappa shape index (κ1) is 23.4. The van der Waals surface area contributed by atoms with Crippen LogP contribution in [-0.4, -0.2) is 52.6 Å². The minimum Gasteiger partial charge on any atom is -0.492 e. The van der Waals surface area contributed by atoms with E-state index >= 15 is 0 Å². The molecular weight excluding hydrogens is 456 g/mol. The van der Waals surface area contributed by atoms with Crippen LogP contribution in [0.4, 0.5) is 5.69 Å². The van der Waals surface area contributed by atoms with E-state index in [-0.39, 0.29) is 16.5 Å². The zero-order valence-corrected chi connectivity index (χ0v) is 19.6. The molecule has 0 bridgehead atoms. The first-order valence-corrected chi connectivity index (χ1v) is 12.4. The Morgan fingerprint density at radius 1 is 0.971 bits per heavy atom. The molecule has 34 heavy (non-hydrogen) atoms. The maximum Gasteiger partial charge on any atom is 0.262 e. The number of sulfonamides is 1. The summed E-state index contributed by atoms with van der Waals surface area (Å²) in [7, 11) is -2.22. The number of nitrogens with zero attached hydrogens (tertiary/aromatic N) is 1. The van der Waals surface area contributed by atoms with Crippen molar-refractivity contribution in [3.63, 3.8) is 0 Å². The number of carbonyl (C=O) groups excluding carboxylic acids is 1. The van der Waals surface area contributed by atoms with E-state index in [4.69, 9.17) is 14.2 Å². The van der Waals surface area contributed by atoms with Gasteiger partial charge in [0.2, 0.25) is 0 Å². The number of amides is 1. The molecule has 3 aromatic carbocycles. The number of ether oxygens (including phenoxy) is 3. The second-order valence-electron chi connectivity index (χ2n) is 7.73. The van der Waals surface area contributed by atoms with Gasteiger partial charge < -0.3 is 19.1 Å². The van der Waals surface area contributed by atoms with Crippen LogP contribution >= 0.6 is 0 Å². The van der Waals surface area contributed by atoms with E-state index in [1.165, 1.54) is 23.1 Å². The molecule has 1 heterocycles. The van der Waals surface area contributed by atoms with Crippen LogP contribution in [0.2, 0.25) is 0 Å². The number of nitrogens with one attached hydrogen (secondary N) is 1. The van der Waals surface area contributed by atoms with Crippen LogP contribution in [0.15, 0.2) is 77.7 Å². The maximum atomic E-state index is 12.9. The van der Waals surface area contributed by atoms with E-state index < -0.39 is 10.0 Å². The highest BCUT2D eigenvalue weighted by Crippen LogP contribution is 2.32. The normalized spacial score (nSPS) is 13.0. The largest absolute Gasteiger partial charge is 0.492 e. The molecule has 1 aliphatic rings. The highest BCUT2D eigenvalue weighted by molar-refractivity contribution is 7.92. The summed E-state index contributed by atoms with van der Waals surface area (Å²) in [6.45, 7) is 1.69. The number of para-hydroxylation sites is 1. The third kappa shape index (κ3) is 5.79. The van der Waals surface area contributed by atoms with Gasteiger partial charge in [-0.3, -0.25) is 9.52 Å². The average molecular weight is 483 g/mol. The summed E-state index contributed by atoms with van der Waals surface area (Å²) in [5, 5.41) is 0. The number of benzene rings is 3. The van der Waals surface area contributed by atoms with Gasteiger partial charge in [0.05, 0.1) is 24.7 Å². The Morgan fingerprint density at radius 2 is 1.74 bits per heavy atom. The van der Waals surface area contributed by atoms with Crippen molar-refractivity contribution in [2.75, 3.05) is 38.1 Å². The molecule has 4 rings (SSSR count). The Morgan fingerprint density at radius 3 is 2.53 bits per heavy atom. The van der Waals surface area contributed by atoms with E-state index in [1.54, 1.807) is 31.3 Å². The fraction of sp³-hybridized carbons (Fsp3) is 0.240. The number of likely N-dealkylation sites (N-methyl/N-ethyl adjacent to an activating group) is 1. The first-order valence-electron chi connectivity index (χ1n) is 10.9. The van der Waals surface area contributed by atoms with Crippen LogP contribution in [0.25, 0.3) is 0 Å². The fourth-order valence-corrected chi connectivity index (χ4v) is 4.44. The summed E-state index contributed by atoms with van der Waals surface area (Å²) in [6, 6.07) is 20.2. The molecule has 0 unspecified atom stereocenters. The smallest absolute Gasteiger partial charge is 0.262 e. The predicted molar refractivity (Wildman–Crippen MR) is 128 cm³/mol. The molecule has 0 saturated carbocycles. The molecule has 0 spiro atoms. The molecule has 0 saturated heterocycles. The van der Waals surface area contributed by atoms with Crippen molar-refractivity contribution in [2.45, 2.75) is 11.3 Å². The molecule has 1 N–H and O–H groups in total. The lowest BCUT2D eigenvalue weighted by atomic mass is 10.2. The molecule has 0 aromatic heterocycles. The molecule has 0 atom stereocenters. The van der Waals surface area contributed by atoms with Gasteiger partial charge in [0, 0.05) is 30.8 Å². The van der Waals surface area contributed by atoms with Crippen LogP contribution in [0, 0.1) is 0 Å². The van der Waals surface area contributed by atoms with Crippen molar-refractivity contribution < 1.29 is 27.4 Å². The standard InChI is InChI=1S/C25H26N2O6S/c1-27(13-16-31-21-9-3-2-4-10-21)25(28)19-7-5-8-20(17-19)26-34(29,30)22-11-12-23-24(18-22)33-15-6-14-32-23/h2-5,7-12,17-18,26H,6,13-16H2,1H3. The summed E-state index contributed by atoms with van der Waals surface area (Å²) >= 11 is 0. The summed E-state index contributed by atoms with van der Waals surface area (Å²) in [6.07, 6.45) is 0.725. The van der Waals surface area contributed by atoms with Gasteiger partial charge in [-0.15, -0.1) is 0 Å². The molecule has 0 radical (unpaired) electrons. The summed E-state index contributed by atoms with van der Waals surface area (Å²) in [4.78, 5) is 14.4. The molecule has 0 fully saturated rings. The van der Waals surface area contributed by atoms with E-state index in [0.29, 0.717) is 43.4 Å². The second kappa shape index (κ2) is 10.5. The Labute approximate surface area is 199 Å². The maximum absolute atomic E-state index is 12.9.